The predicted molar refractivity (Wildman–Crippen MR) is 134 cm³/mol. The Morgan fingerprint density at radius 3 is 2.12 bits per heavy atom. The number of likely N-dealkylation sites (N-methyl/N-ethyl adjacent to an activating group) is 1. The highest BCUT2D eigenvalue weighted by molar-refractivity contribution is 7.89. The number of nitrogens with zero attached hydrogens (tertiary/aromatic N) is 3. The molecule has 3 rings (SSSR count). The van der Waals surface area contributed by atoms with Gasteiger partial charge in [0.1, 0.15) is 6.54 Å². The first-order valence-electron chi connectivity index (χ1n) is 11.5. The van der Waals surface area contributed by atoms with Crippen LogP contribution in [0.15, 0.2) is 59.6 Å². The average molecular weight is 485 g/mol. The van der Waals surface area contributed by atoms with Crippen molar-refractivity contribution < 1.29 is 18.0 Å². The summed E-state index contributed by atoms with van der Waals surface area (Å²) in [7, 11) is -3.57. The zero-order valence-corrected chi connectivity index (χ0v) is 20.9. The first kappa shape index (κ1) is 25.5. The zero-order chi connectivity index (χ0) is 24.9. The number of nitrogens with one attached hydrogen (secondary N) is 1. The van der Waals surface area contributed by atoms with E-state index in [1.165, 1.54) is 28.6 Å². The SMILES string of the molecule is CCN(CC)C(=O)Cn1ccc2cc(NC(=O)c3ccc(S(=O)(=O)N(CC)CC)cc3)ccc21. The van der Waals surface area contributed by atoms with Crippen LogP contribution in [-0.4, -0.2) is 60.2 Å². The minimum Gasteiger partial charge on any atom is -0.342 e. The lowest BCUT2D eigenvalue weighted by Gasteiger charge is -2.19. The van der Waals surface area contributed by atoms with Crippen LogP contribution >= 0.6 is 0 Å². The standard InChI is InChI=1S/C25H32N4O4S/c1-5-27(6-2)24(30)18-28-16-15-20-17-21(11-14-23(20)28)26-25(31)19-9-12-22(13-10-19)34(32,33)29(7-3)8-4/h9-17H,5-8,18H2,1-4H3,(H,26,31). The fourth-order valence-electron chi connectivity index (χ4n) is 3.93. The van der Waals surface area contributed by atoms with Crippen LogP contribution in [0.3, 0.4) is 0 Å². The van der Waals surface area contributed by atoms with Gasteiger partial charge in [0.05, 0.1) is 4.90 Å². The molecule has 0 radical (unpaired) electrons. The summed E-state index contributed by atoms with van der Waals surface area (Å²) in [6.45, 7) is 9.88. The molecule has 0 spiro atoms. The number of hydrogen-bond donors (Lipinski definition) is 1. The summed E-state index contributed by atoms with van der Waals surface area (Å²) >= 11 is 0. The summed E-state index contributed by atoms with van der Waals surface area (Å²) in [5.74, 6) is -0.270. The maximum atomic E-state index is 12.7. The summed E-state index contributed by atoms with van der Waals surface area (Å²) in [6, 6.07) is 13.4. The Bertz CT molecular complexity index is 1260. The lowest BCUT2D eigenvalue weighted by Crippen LogP contribution is -2.33. The van der Waals surface area contributed by atoms with Crippen LogP contribution in [0.4, 0.5) is 5.69 Å². The maximum absolute atomic E-state index is 12.7. The second-order valence-corrected chi connectivity index (χ2v) is 9.79. The van der Waals surface area contributed by atoms with Crippen molar-refractivity contribution >= 4 is 38.4 Å². The van der Waals surface area contributed by atoms with Gasteiger partial charge in [0, 0.05) is 54.5 Å². The van der Waals surface area contributed by atoms with Crippen molar-refractivity contribution in [3.05, 3.63) is 60.3 Å². The summed E-state index contributed by atoms with van der Waals surface area (Å²) < 4.78 is 28.5. The molecule has 3 aromatic rings. The van der Waals surface area contributed by atoms with Crippen LogP contribution in [-0.2, 0) is 21.4 Å². The van der Waals surface area contributed by atoms with Gasteiger partial charge in [-0.15, -0.1) is 0 Å². The molecular formula is C25H32N4O4S. The van der Waals surface area contributed by atoms with Crippen molar-refractivity contribution in [2.75, 3.05) is 31.5 Å². The van der Waals surface area contributed by atoms with Crippen molar-refractivity contribution in [2.45, 2.75) is 39.1 Å². The fraction of sp³-hybridized carbons (Fsp3) is 0.360. The second-order valence-electron chi connectivity index (χ2n) is 7.85. The Hall–Kier alpha value is -3.17. The van der Waals surface area contributed by atoms with Crippen LogP contribution in [0, 0.1) is 0 Å². The third kappa shape index (κ3) is 5.31. The van der Waals surface area contributed by atoms with E-state index in [2.05, 4.69) is 5.32 Å². The van der Waals surface area contributed by atoms with Gasteiger partial charge in [0.2, 0.25) is 15.9 Å². The quantitative estimate of drug-likeness (QED) is 0.474. The maximum Gasteiger partial charge on any atom is 0.255 e. The van der Waals surface area contributed by atoms with E-state index in [0.29, 0.717) is 37.4 Å². The van der Waals surface area contributed by atoms with Gasteiger partial charge in [-0.2, -0.15) is 4.31 Å². The Morgan fingerprint density at radius 1 is 0.882 bits per heavy atom. The number of fused-ring (bicyclic) bond motifs is 1. The molecule has 0 aliphatic carbocycles. The normalized spacial score (nSPS) is 11.7. The largest absolute Gasteiger partial charge is 0.342 e. The molecule has 0 saturated carbocycles. The van der Waals surface area contributed by atoms with Crippen molar-refractivity contribution in [2.24, 2.45) is 0 Å². The minimum atomic E-state index is -3.57. The molecule has 182 valence electrons. The number of rotatable bonds is 10. The molecule has 34 heavy (non-hydrogen) atoms. The Balaban J connectivity index is 1.73. The minimum absolute atomic E-state index is 0.0614. The number of hydrogen-bond acceptors (Lipinski definition) is 4. The molecule has 0 aliphatic heterocycles. The van der Waals surface area contributed by atoms with Crippen molar-refractivity contribution in [1.29, 1.82) is 0 Å². The van der Waals surface area contributed by atoms with E-state index >= 15 is 0 Å². The highest BCUT2D eigenvalue weighted by Crippen LogP contribution is 2.22. The van der Waals surface area contributed by atoms with E-state index in [4.69, 9.17) is 0 Å². The summed E-state index contributed by atoms with van der Waals surface area (Å²) in [4.78, 5) is 27.1. The number of benzene rings is 2. The first-order valence-corrected chi connectivity index (χ1v) is 13.0. The van der Waals surface area contributed by atoms with Gasteiger partial charge in [-0.05, 0) is 62.4 Å². The number of carbonyl (C=O) groups is 2. The second kappa shape index (κ2) is 10.8. The molecule has 0 saturated heterocycles. The van der Waals surface area contributed by atoms with Gasteiger partial charge in [-0.1, -0.05) is 13.8 Å². The van der Waals surface area contributed by atoms with Crippen LogP contribution in [0.25, 0.3) is 10.9 Å². The van der Waals surface area contributed by atoms with Gasteiger partial charge < -0.3 is 14.8 Å². The number of amides is 2. The molecule has 1 aromatic heterocycles. The van der Waals surface area contributed by atoms with Gasteiger partial charge in [0.25, 0.3) is 5.91 Å². The molecule has 0 bridgehead atoms. The van der Waals surface area contributed by atoms with E-state index in [1.807, 2.05) is 42.8 Å². The van der Waals surface area contributed by atoms with Gasteiger partial charge >= 0.3 is 0 Å². The third-order valence-electron chi connectivity index (χ3n) is 5.91. The molecule has 2 aromatic carbocycles. The monoisotopic (exact) mass is 484 g/mol. The lowest BCUT2D eigenvalue weighted by molar-refractivity contribution is -0.131. The highest BCUT2D eigenvalue weighted by Gasteiger charge is 2.21. The van der Waals surface area contributed by atoms with Crippen molar-refractivity contribution in [3.63, 3.8) is 0 Å². The molecule has 2 amide bonds. The average Bonchev–Trinajstić information content (AvgIpc) is 3.22. The van der Waals surface area contributed by atoms with Crippen molar-refractivity contribution in [1.82, 2.24) is 13.8 Å². The molecule has 1 N–H and O–H groups in total. The Kier molecular flexibility index (Phi) is 8.11. The number of sulfonamides is 1. The van der Waals surface area contributed by atoms with Crippen LogP contribution in [0.5, 0.6) is 0 Å². The molecule has 9 heteroatoms. The number of anilines is 1. The molecule has 0 aliphatic rings. The molecule has 0 unspecified atom stereocenters. The fourth-order valence-corrected chi connectivity index (χ4v) is 5.39. The zero-order valence-electron chi connectivity index (χ0n) is 20.1. The van der Waals surface area contributed by atoms with Crippen molar-refractivity contribution in [3.8, 4) is 0 Å². The molecule has 1 heterocycles. The Labute approximate surface area is 201 Å². The Morgan fingerprint density at radius 2 is 1.53 bits per heavy atom. The van der Waals surface area contributed by atoms with Gasteiger partial charge in [-0.3, -0.25) is 9.59 Å². The van der Waals surface area contributed by atoms with E-state index < -0.39 is 10.0 Å². The summed E-state index contributed by atoms with van der Waals surface area (Å²) in [6.07, 6.45) is 1.87. The van der Waals surface area contributed by atoms with E-state index in [0.717, 1.165) is 10.9 Å². The smallest absolute Gasteiger partial charge is 0.255 e. The lowest BCUT2D eigenvalue weighted by atomic mass is 10.2. The van der Waals surface area contributed by atoms with Crippen LogP contribution in [0.2, 0.25) is 0 Å². The highest BCUT2D eigenvalue weighted by atomic mass is 32.2. The van der Waals surface area contributed by atoms with E-state index in [1.54, 1.807) is 24.8 Å². The molecular weight excluding hydrogens is 452 g/mol. The molecule has 0 fully saturated rings. The topological polar surface area (TPSA) is 91.7 Å². The van der Waals surface area contributed by atoms with Crippen LogP contribution in [0.1, 0.15) is 38.1 Å². The third-order valence-corrected chi connectivity index (χ3v) is 7.97. The van der Waals surface area contributed by atoms with Gasteiger partial charge in [-0.25, -0.2) is 8.42 Å². The van der Waals surface area contributed by atoms with E-state index in [9.17, 15) is 18.0 Å². The number of aromatic nitrogens is 1. The summed E-state index contributed by atoms with van der Waals surface area (Å²) in [5, 5.41) is 3.77. The van der Waals surface area contributed by atoms with Crippen LogP contribution < -0.4 is 5.32 Å². The predicted octanol–water partition coefficient (Wildman–Crippen LogP) is 3.79. The number of carbonyl (C=O) groups excluding carboxylic acids is 2. The first-order chi connectivity index (χ1) is 16.2. The summed E-state index contributed by atoms with van der Waals surface area (Å²) in [5.41, 5.74) is 1.88. The molecule has 8 nitrogen and oxygen atoms in total. The van der Waals surface area contributed by atoms with Gasteiger partial charge in [0.15, 0.2) is 0 Å². The van der Waals surface area contributed by atoms with E-state index in [-0.39, 0.29) is 23.3 Å². The molecule has 0 atom stereocenters.